The van der Waals surface area contributed by atoms with Crippen molar-refractivity contribution in [3.05, 3.63) is 0 Å². The summed E-state index contributed by atoms with van der Waals surface area (Å²) in [6.07, 6.45) is -10.6. The lowest BCUT2D eigenvalue weighted by Crippen LogP contribution is -2.54. The third kappa shape index (κ3) is 3.01. The summed E-state index contributed by atoms with van der Waals surface area (Å²) in [7, 11) is -2.60. The molecular formula is C4H6F6NSi+. The Labute approximate surface area is 66.6 Å². The third-order valence-corrected chi connectivity index (χ3v) is 2.36. The van der Waals surface area contributed by atoms with Gasteiger partial charge < -0.3 is 0 Å². The number of rotatable bonds is 1. The summed E-state index contributed by atoms with van der Waals surface area (Å²) in [4.78, 5) is 0. The highest BCUT2D eigenvalue weighted by Gasteiger charge is 2.63. The normalized spacial score (nSPS) is 13.8. The van der Waals surface area contributed by atoms with Crippen molar-refractivity contribution in [1.29, 1.82) is 0 Å². The van der Waals surface area contributed by atoms with Crippen molar-refractivity contribution < 1.29 is 26.3 Å². The van der Waals surface area contributed by atoms with E-state index >= 15 is 0 Å². The fraction of sp³-hybridized carbons (Fsp3) is 1.00. The molecule has 0 fully saturated rings. The monoisotopic (exact) mass is 210 g/mol. The number of alkyl halides is 6. The van der Waals surface area contributed by atoms with Gasteiger partial charge in [0.25, 0.3) is 0 Å². The van der Waals surface area contributed by atoms with Gasteiger partial charge in [-0.1, -0.05) is 0 Å². The van der Waals surface area contributed by atoms with Crippen molar-refractivity contribution in [2.45, 2.75) is 25.7 Å². The summed E-state index contributed by atoms with van der Waals surface area (Å²) in [5.41, 5.74) is 0. The zero-order chi connectivity index (χ0) is 10.2. The van der Waals surface area contributed by atoms with Crippen LogP contribution in [0.4, 0.5) is 26.3 Å². The molecule has 0 heterocycles. The van der Waals surface area contributed by atoms with Gasteiger partial charge in [0.05, 0.1) is 13.1 Å². The van der Waals surface area contributed by atoms with Gasteiger partial charge in [-0.2, -0.15) is 26.3 Å². The fourth-order valence-electron chi connectivity index (χ4n) is 0.651. The van der Waals surface area contributed by atoms with Crippen LogP contribution in [0.5, 0.6) is 0 Å². The molecule has 0 rings (SSSR count). The molecule has 0 aromatic carbocycles. The summed E-state index contributed by atoms with van der Waals surface area (Å²) >= 11 is 0. The van der Waals surface area contributed by atoms with Gasteiger partial charge in [-0.25, -0.2) is 0 Å². The zero-order valence-electron chi connectivity index (χ0n) is 6.22. The highest BCUT2D eigenvalue weighted by molar-refractivity contribution is 6.52. The highest BCUT2D eigenvalue weighted by atomic mass is 28.3. The van der Waals surface area contributed by atoms with Crippen LogP contribution >= 0.6 is 0 Å². The second-order valence-electron chi connectivity index (χ2n) is 2.22. The lowest BCUT2D eigenvalue weighted by atomic mass is 11.0. The second kappa shape index (κ2) is 3.25. The summed E-state index contributed by atoms with van der Waals surface area (Å²) in [6, 6.07) is 0. The minimum atomic E-state index is -5.32. The van der Waals surface area contributed by atoms with Crippen LogP contribution in [0, 0.1) is 0 Å². The average molecular weight is 210 g/mol. The first kappa shape index (κ1) is 11.8. The smallest absolute Gasteiger partial charge is 0.153 e. The SMILES string of the molecule is C[Si+](C)N(C(F)(F)F)C(F)(F)F. The molecule has 0 saturated carbocycles. The van der Waals surface area contributed by atoms with Crippen LogP contribution in [0.3, 0.4) is 0 Å². The number of halogens is 6. The van der Waals surface area contributed by atoms with Gasteiger partial charge in [-0.15, -0.1) is 0 Å². The minimum absolute atomic E-state index is 0.922. The van der Waals surface area contributed by atoms with Crippen molar-refractivity contribution in [2.75, 3.05) is 0 Å². The standard InChI is InChI=1S/C4H6F6NSi/c1-12(2)11(3(5,6)7)4(8,9)10/h1-2H3/q+1. The molecule has 72 valence electrons. The molecule has 0 amide bonds. The Morgan fingerprint density at radius 1 is 0.833 bits per heavy atom. The van der Waals surface area contributed by atoms with Gasteiger partial charge in [0, 0.05) is 4.57 Å². The molecule has 0 N–H and O–H groups in total. The second-order valence-corrected chi connectivity index (χ2v) is 4.56. The van der Waals surface area contributed by atoms with E-state index in [-0.39, 0.29) is 0 Å². The Morgan fingerprint density at radius 3 is 1.08 bits per heavy atom. The molecular weight excluding hydrogens is 204 g/mol. The Morgan fingerprint density at radius 2 is 1.08 bits per heavy atom. The number of hydrogen-bond donors (Lipinski definition) is 0. The molecule has 0 aromatic rings. The van der Waals surface area contributed by atoms with Crippen molar-refractivity contribution in [3.63, 3.8) is 0 Å². The molecule has 0 atom stereocenters. The lowest BCUT2D eigenvalue weighted by molar-refractivity contribution is -0.338. The number of hydrogen-bond acceptors (Lipinski definition) is 1. The van der Waals surface area contributed by atoms with E-state index in [0.717, 1.165) is 13.1 Å². The lowest BCUT2D eigenvalue weighted by Gasteiger charge is -2.20. The van der Waals surface area contributed by atoms with Crippen LogP contribution in [0.1, 0.15) is 0 Å². The Balaban J connectivity index is 4.70. The van der Waals surface area contributed by atoms with E-state index in [0.29, 0.717) is 0 Å². The molecule has 0 aliphatic heterocycles. The maximum absolute atomic E-state index is 11.7. The topological polar surface area (TPSA) is 3.24 Å². The van der Waals surface area contributed by atoms with E-state index in [1.807, 2.05) is 0 Å². The van der Waals surface area contributed by atoms with E-state index in [9.17, 15) is 26.3 Å². The molecule has 0 aliphatic carbocycles. The van der Waals surface area contributed by atoms with Gasteiger partial charge in [-0.05, 0) is 0 Å². The maximum atomic E-state index is 11.7. The summed E-state index contributed by atoms with van der Waals surface area (Å²) in [6.45, 7) is 1.84. The maximum Gasteiger partial charge on any atom is 0.493 e. The largest absolute Gasteiger partial charge is 0.493 e. The molecule has 12 heavy (non-hydrogen) atoms. The summed E-state index contributed by atoms with van der Waals surface area (Å²) in [5, 5.41) is 0. The van der Waals surface area contributed by atoms with Crippen molar-refractivity contribution in [1.82, 2.24) is 4.57 Å². The summed E-state index contributed by atoms with van der Waals surface area (Å²) in [5.74, 6) is 0. The van der Waals surface area contributed by atoms with Crippen LogP contribution in [0.15, 0.2) is 0 Å². The van der Waals surface area contributed by atoms with E-state index in [1.54, 1.807) is 0 Å². The highest BCUT2D eigenvalue weighted by Crippen LogP contribution is 2.34. The van der Waals surface area contributed by atoms with Crippen molar-refractivity contribution in [2.24, 2.45) is 0 Å². The quantitative estimate of drug-likeness (QED) is 0.365. The average Bonchev–Trinajstić information content (AvgIpc) is 1.49. The van der Waals surface area contributed by atoms with Crippen LogP contribution in [0.25, 0.3) is 0 Å². The molecule has 0 spiro atoms. The van der Waals surface area contributed by atoms with Crippen LogP contribution in [0.2, 0.25) is 13.1 Å². The van der Waals surface area contributed by atoms with Crippen LogP contribution in [-0.4, -0.2) is 26.1 Å². The molecule has 0 unspecified atom stereocenters. The van der Waals surface area contributed by atoms with Crippen molar-refractivity contribution >= 4 is 8.96 Å². The van der Waals surface area contributed by atoms with Crippen LogP contribution < -0.4 is 0 Å². The summed E-state index contributed by atoms with van der Waals surface area (Å²) < 4.78 is 68.8. The first-order valence-electron chi connectivity index (χ1n) is 2.80. The van der Waals surface area contributed by atoms with E-state index < -0.39 is 26.1 Å². The van der Waals surface area contributed by atoms with Crippen molar-refractivity contribution in [3.8, 4) is 0 Å². The Bertz CT molecular complexity index is 135. The first-order chi connectivity index (χ1) is 5.07. The molecule has 0 radical (unpaired) electrons. The van der Waals surface area contributed by atoms with Gasteiger partial charge in [0.1, 0.15) is 0 Å². The van der Waals surface area contributed by atoms with E-state index in [1.165, 1.54) is 0 Å². The molecule has 8 heteroatoms. The van der Waals surface area contributed by atoms with Gasteiger partial charge in [0.15, 0.2) is 0 Å². The van der Waals surface area contributed by atoms with Gasteiger partial charge in [-0.3, -0.25) is 0 Å². The molecule has 0 aromatic heterocycles. The zero-order valence-corrected chi connectivity index (χ0v) is 7.22. The molecule has 0 aliphatic rings. The fourth-order valence-corrected chi connectivity index (χ4v) is 1.67. The number of nitrogens with zero attached hydrogens (tertiary/aromatic N) is 1. The molecule has 0 bridgehead atoms. The minimum Gasteiger partial charge on any atom is -0.153 e. The Hall–Kier alpha value is -0.243. The molecule has 0 saturated heterocycles. The van der Waals surface area contributed by atoms with E-state index in [4.69, 9.17) is 0 Å². The first-order valence-corrected chi connectivity index (χ1v) is 5.25. The predicted molar refractivity (Wildman–Crippen MR) is 31.4 cm³/mol. The van der Waals surface area contributed by atoms with Gasteiger partial charge >= 0.3 is 21.6 Å². The van der Waals surface area contributed by atoms with Crippen LogP contribution in [-0.2, 0) is 0 Å². The predicted octanol–water partition coefficient (Wildman–Crippen LogP) is 2.58. The van der Waals surface area contributed by atoms with Gasteiger partial charge in [0.2, 0.25) is 0 Å². The molecule has 1 nitrogen and oxygen atoms in total. The van der Waals surface area contributed by atoms with E-state index in [2.05, 4.69) is 0 Å². The Kier molecular flexibility index (Phi) is 3.18. The third-order valence-electron chi connectivity index (χ3n) is 0.954.